The van der Waals surface area contributed by atoms with Gasteiger partial charge in [-0.15, -0.1) is 22.0 Å². The Morgan fingerprint density at radius 1 is 1.33 bits per heavy atom. The monoisotopic (exact) mass is 347 g/mol. The van der Waals surface area contributed by atoms with Crippen molar-refractivity contribution in [3.05, 3.63) is 30.3 Å². The summed E-state index contributed by atoms with van der Waals surface area (Å²) in [6, 6.07) is 9.45. The van der Waals surface area contributed by atoms with Gasteiger partial charge >= 0.3 is 5.97 Å². The number of rotatable bonds is 4. The molecule has 0 bridgehead atoms. The molecule has 3 rings (SSSR count). The molecule has 126 valence electrons. The topological polar surface area (TPSA) is 90.2 Å². The summed E-state index contributed by atoms with van der Waals surface area (Å²) in [6.45, 7) is 0.937. The predicted molar refractivity (Wildman–Crippen MR) is 88.1 cm³/mol. The zero-order valence-corrected chi connectivity index (χ0v) is 14.0. The van der Waals surface area contributed by atoms with Gasteiger partial charge in [0, 0.05) is 24.4 Å². The highest BCUT2D eigenvalue weighted by Crippen LogP contribution is 2.20. The number of benzene rings is 1. The molecule has 0 saturated carbocycles. The molecule has 2 aromatic rings. The van der Waals surface area contributed by atoms with Gasteiger partial charge in [0.05, 0.1) is 7.11 Å². The average molecular weight is 347 g/mol. The SMILES string of the molecule is COC(=O)[C@H]1CN(C(=O)Cn2nnc(-c3ccccc3)n2)CCS1. The highest BCUT2D eigenvalue weighted by molar-refractivity contribution is 8.00. The van der Waals surface area contributed by atoms with E-state index in [2.05, 4.69) is 15.4 Å². The second-order valence-electron chi connectivity index (χ2n) is 5.23. The molecule has 8 nitrogen and oxygen atoms in total. The highest BCUT2D eigenvalue weighted by Gasteiger charge is 2.29. The van der Waals surface area contributed by atoms with Crippen molar-refractivity contribution >= 4 is 23.6 Å². The van der Waals surface area contributed by atoms with Crippen molar-refractivity contribution in [1.29, 1.82) is 0 Å². The average Bonchev–Trinajstić information content (AvgIpc) is 3.10. The van der Waals surface area contributed by atoms with E-state index in [1.54, 1.807) is 4.90 Å². The van der Waals surface area contributed by atoms with Crippen molar-refractivity contribution in [3.63, 3.8) is 0 Å². The Bertz CT molecular complexity index is 721. The zero-order chi connectivity index (χ0) is 16.9. The van der Waals surface area contributed by atoms with Crippen molar-refractivity contribution in [2.45, 2.75) is 11.8 Å². The summed E-state index contributed by atoms with van der Waals surface area (Å²) in [5, 5.41) is 11.8. The molecule has 9 heteroatoms. The first kappa shape index (κ1) is 16.4. The van der Waals surface area contributed by atoms with Crippen LogP contribution in [0.3, 0.4) is 0 Å². The van der Waals surface area contributed by atoms with Crippen molar-refractivity contribution in [2.24, 2.45) is 0 Å². The van der Waals surface area contributed by atoms with E-state index in [-0.39, 0.29) is 23.7 Å². The Morgan fingerprint density at radius 2 is 2.12 bits per heavy atom. The molecule has 0 aliphatic carbocycles. The lowest BCUT2D eigenvalue weighted by atomic mass is 10.2. The van der Waals surface area contributed by atoms with Gasteiger partial charge in [0.15, 0.2) is 0 Å². The van der Waals surface area contributed by atoms with Gasteiger partial charge in [-0.1, -0.05) is 30.3 Å². The number of esters is 1. The quantitative estimate of drug-likeness (QED) is 0.742. The van der Waals surface area contributed by atoms with Crippen molar-refractivity contribution in [1.82, 2.24) is 25.1 Å². The lowest BCUT2D eigenvalue weighted by molar-refractivity contribution is -0.141. The number of hydrogen-bond acceptors (Lipinski definition) is 7. The van der Waals surface area contributed by atoms with Gasteiger partial charge in [-0.25, -0.2) is 0 Å². The van der Waals surface area contributed by atoms with Gasteiger partial charge in [-0.05, 0) is 5.21 Å². The molecule has 0 N–H and O–H groups in total. The first-order chi connectivity index (χ1) is 11.7. The molecule has 0 radical (unpaired) electrons. The molecule has 1 amide bonds. The summed E-state index contributed by atoms with van der Waals surface area (Å²) in [5.41, 5.74) is 0.844. The van der Waals surface area contributed by atoms with E-state index in [1.807, 2.05) is 30.3 Å². The molecule has 1 aromatic carbocycles. The number of thioether (sulfide) groups is 1. The van der Waals surface area contributed by atoms with Crippen molar-refractivity contribution in [2.75, 3.05) is 26.0 Å². The summed E-state index contributed by atoms with van der Waals surface area (Å²) in [5.74, 6) is 0.736. The summed E-state index contributed by atoms with van der Waals surface area (Å²) in [4.78, 5) is 27.0. The Labute approximate surface area is 143 Å². The largest absolute Gasteiger partial charge is 0.468 e. The second kappa shape index (κ2) is 7.43. The van der Waals surface area contributed by atoms with Crippen LogP contribution in [-0.2, 0) is 20.9 Å². The van der Waals surface area contributed by atoms with E-state index in [1.165, 1.54) is 23.7 Å². The maximum atomic E-state index is 12.4. The maximum Gasteiger partial charge on any atom is 0.320 e. The molecule has 1 saturated heterocycles. The summed E-state index contributed by atoms with van der Waals surface area (Å²) < 4.78 is 4.75. The van der Waals surface area contributed by atoms with E-state index >= 15 is 0 Å². The molecule has 1 aromatic heterocycles. The van der Waals surface area contributed by atoms with Crippen LogP contribution in [0.2, 0.25) is 0 Å². The number of hydrogen-bond donors (Lipinski definition) is 0. The van der Waals surface area contributed by atoms with Gasteiger partial charge in [0.25, 0.3) is 0 Å². The number of methoxy groups -OCH3 is 1. The normalized spacial score (nSPS) is 17.5. The van der Waals surface area contributed by atoms with Crippen LogP contribution in [0.15, 0.2) is 30.3 Å². The minimum atomic E-state index is -0.337. The lowest BCUT2D eigenvalue weighted by Gasteiger charge is -2.30. The fourth-order valence-electron chi connectivity index (χ4n) is 2.38. The fourth-order valence-corrected chi connectivity index (χ4v) is 3.51. The molecule has 1 aliphatic heterocycles. The van der Waals surface area contributed by atoms with Gasteiger partial charge in [-0.3, -0.25) is 9.59 Å². The zero-order valence-electron chi connectivity index (χ0n) is 13.2. The number of carbonyl (C=O) groups excluding carboxylic acids is 2. The van der Waals surface area contributed by atoms with E-state index in [0.29, 0.717) is 24.7 Å². The minimum Gasteiger partial charge on any atom is -0.468 e. The van der Waals surface area contributed by atoms with Gasteiger partial charge in [0.2, 0.25) is 11.7 Å². The third kappa shape index (κ3) is 3.73. The number of nitrogens with zero attached hydrogens (tertiary/aromatic N) is 5. The number of carbonyl (C=O) groups is 2. The first-order valence-corrected chi connectivity index (χ1v) is 8.52. The van der Waals surface area contributed by atoms with Crippen molar-refractivity contribution < 1.29 is 14.3 Å². The highest BCUT2D eigenvalue weighted by atomic mass is 32.2. The van der Waals surface area contributed by atoms with E-state index in [9.17, 15) is 9.59 Å². The van der Waals surface area contributed by atoms with Crippen LogP contribution in [0, 0.1) is 0 Å². The smallest absolute Gasteiger partial charge is 0.320 e. The second-order valence-corrected chi connectivity index (χ2v) is 6.54. The summed E-state index contributed by atoms with van der Waals surface area (Å²) >= 11 is 1.51. The van der Waals surface area contributed by atoms with E-state index in [0.717, 1.165) is 5.56 Å². The van der Waals surface area contributed by atoms with Crippen LogP contribution >= 0.6 is 11.8 Å². The molecule has 0 spiro atoms. The molecule has 1 aliphatic rings. The summed E-state index contributed by atoms with van der Waals surface area (Å²) in [7, 11) is 1.36. The first-order valence-electron chi connectivity index (χ1n) is 7.48. The van der Waals surface area contributed by atoms with Gasteiger partial charge in [-0.2, -0.15) is 4.80 Å². The Balaban J connectivity index is 1.63. The lowest BCUT2D eigenvalue weighted by Crippen LogP contribution is -2.46. The van der Waals surface area contributed by atoms with Crippen molar-refractivity contribution in [3.8, 4) is 11.4 Å². The minimum absolute atomic E-state index is 0.00159. The number of amides is 1. The van der Waals surface area contributed by atoms with Crippen LogP contribution < -0.4 is 0 Å². The molecule has 2 heterocycles. The van der Waals surface area contributed by atoms with E-state index in [4.69, 9.17) is 4.74 Å². The van der Waals surface area contributed by atoms with E-state index < -0.39 is 0 Å². The third-order valence-corrected chi connectivity index (χ3v) is 4.81. The Kier molecular flexibility index (Phi) is 5.09. The molecular formula is C15H17N5O3S. The molecule has 0 unspecified atom stereocenters. The van der Waals surface area contributed by atoms with Crippen LogP contribution in [0.5, 0.6) is 0 Å². The Hall–Kier alpha value is -2.42. The fraction of sp³-hybridized carbons (Fsp3) is 0.400. The van der Waals surface area contributed by atoms with Gasteiger partial charge in [0.1, 0.15) is 11.8 Å². The third-order valence-electron chi connectivity index (χ3n) is 3.64. The predicted octanol–water partition coefficient (Wildman–Crippen LogP) is 0.457. The molecule has 1 fully saturated rings. The molecule has 24 heavy (non-hydrogen) atoms. The number of aromatic nitrogens is 4. The number of tetrazole rings is 1. The van der Waals surface area contributed by atoms with Crippen LogP contribution in [0.25, 0.3) is 11.4 Å². The molecule has 1 atom stereocenters. The summed E-state index contributed by atoms with van der Waals surface area (Å²) in [6.07, 6.45) is 0. The molecular weight excluding hydrogens is 330 g/mol. The van der Waals surface area contributed by atoms with Gasteiger partial charge < -0.3 is 9.64 Å². The Morgan fingerprint density at radius 3 is 2.88 bits per heavy atom. The van der Waals surface area contributed by atoms with Crippen LogP contribution in [-0.4, -0.2) is 68.2 Å². The maximum absolute atomic E-state index is 12.4. The van der Waals surface area contributed by atoms with Crippen LogP contribution in [0.4, 0.5) is 0 Å². The van der Waals surface area contributed by atoms with Crippen LogP contribution in [0.1, 0.15) is 0 Å². The standard InChI is InChI=1S/C15H17N5O3S/c1-23-15(22)12-9-19(7-8-24-12)13(21)10-20-17-14(16-18-20)11-5-3-2-4-6-11/h2-6,12H,7-10H2,1H3/t12-/m1/s1. The number of ether oxygens (including phenoxy) is 1.